The van der Waals surface area contributed by atoms with Crippen LogP contribution in [0.25, 0.3) is 0 Å². The highest BCUT2D eigenvalue weighted by Crippen LogP contribution is 2.72. The van der Waals surface area contributed by atoms with Gasteiger partial charge in [0.1, 0.15) is 12.0 Å². The minimum absolute atomic E-state index is 0.00516. The van der Waals surface area contributed by atoms with Crippen LogP contribution in [0.1, 0.15) is 39.0 Å². The minimum Gasteiger partial charge on any atom is -0.464 e. The molecule has 5 nitrogen and oxygen atoms in total. The molecule has 3 saturated carbocycles. The van der Waals surface area contributed by atoms with Gasteiger partial charge in [0.15, 0.2) is 12.1 Å². The molecule has 3 aliphatic heterocycles. The molecule has 4 bridgehead atoms. The number of allylic oxidation sites excluding steroid dienone is 1. The molecule has 1 unspecified atom stereocenters. The lowest BCUT2D eigenvalue weighted by atomic mass is 9.45. The van der Waals surface area contributed by atoms with Crippen molar-refractivity contribution in [3.63, 3.8) is 0 Å². The molecule has 2 spiro atoms. The normalized spacial score (nSPS) is 58.6. The smallest absolute Gasteiger partial charge is 0.320 e. The Morgan fingerprint density at radius 1 is 1.16 bits per heavy atom. The van der Waals surface area contributed by atoms with Crippen molar-refractivity contribution in [3.8, 4) is 0 Å². The summed E-state index contributed by atoms with van der Waals surface area (Å²) in [6.45, 7) is 7.40. The Bertz CT molecular complexity index is 730. The zero-order valence-electron chi connectivity index (χ0n) is 14.6. The maximum atomic E-state index is 13.2. The molecular formula is C20H24O5. The van der Waals surface area contributed by atoms with Crippen LogP contribution in [-0.4, -0.2) is 37.4 Å². The first-order valence-corrected chi connectivity index (χ1v) is 9.61. The number of ether oxygens (including phenoxy) is 3. The number of rotatable bonds is 0. The summed E-state index contributed by atoms with van der Waals surface area (Å²) in [4.78, 5) is 26.1. The molecule has 0 aromatic rings. The van der Waals surface area contributed by atoms with Crippen LogP contribution in [0.3, 0.4) is 0 Å². The van der Waals surface area contributed by atoms with Crippen LogP contribution in [0.15, 0.2) is 12.2 Å². The van der Waals surface area contributed by atoms with Gasteiger partial charge in [0.2, 0.25) is 0 Å². The van der Waals surface area contributed by atoms with Gasteiger partial charge in [-0.3, -0.25) is 9.59 Å². The fourth-order valence-electron chi connectivity index (χ4n) is 7.68. The zero-order valence-corrected chi connectivity index (χ0v) is 14.6. The summed E-state index contributed by atoms with van der Waals surface area (Å²) < 4.78 is 18.1. The third kappa shape index (κ3) is 1.37. The Kier molecular flexibility index (Phi) is 2.51. The monoisotopic (exact) mass is 344 g/mol. The van der Waals surface area contributed by atoms with E-state index < -0.39 is 5.41 Å². The van der Waals surface area contributed by atoms with E-state index in [0.29, 0.717) is 25.2 Å². The summed E-state index contributed by atoms with van der Waals surface area (Å²) in [5.41, 5.74) is -0.577. The van der Waals surface area contributed by atoms with Crippen molar-refractivity contribution >= 4 is 11.8 Å². The van der Waals surface area contributed by atoms with Crippen molar-refractivity contribution in [3.05, 3.63) is 12.2 Å². The molecule has 3 heterocycles. The Morgan fingerprint density at radius 2 is 2.00 bits per heavy atom. The SMILES string of the molecule is C=C1C(=O)[C@]23C[C@H]1CC[C@H]2[C@]1(COC3=O)[C@@H]2CC[C@@]3(C)COC(O2)[C@H]31. The van der Waals surface area contributed by atoms with Gasteiger partial charge in [-0.15, -0.1) is 0 Å². The molecule has 6 aliphatic rings. The van der Waals surface area contributed by atoms with Crippen LogP contribution in [-0.2, 0) is 23.8 Å². The molecule has 8 atom stereocenters. The van der Waals surface area contributed by atoms with Gasteiger partial charge in [-0.1, -0.05) is 13.5 Å². The molecule has 0 N–H and O–H groups in total. The lowest BCUT2D eigenvalue weighted by Crippen LogP contribution is -2.65. The van der Waals surface area contributed by atoms with Gasteiger partial charge >= 0.3 is 5.97 Å². The number of esters is 1. The molecule has 5 heteroatoms. The van der Waals surface area contributed by atoms with Crippen molar-refractivity contribution in [2.45, 2.75) is 51.4 Å². The van der Waals surface area contributed by atoms with Crippen LogP contribution in [0.5, 0.6) is 0 Å². The molecule has 0 aromatic heterocycles. The number of ketones is 1. The van der Waals surface area contributed by atoms with E-state index in [4.69, 9.17) is 14.2 Å². The van der Waals surface area contributed by atoms with Gasteiger partial charge in [0.05, 0.1) is 12.7 Å². The van der Waals surface area contributed by atoms with E-state index in [-0.39, 0.29) is 52.7 Å². The molecule has 134 valence electrons. The van der Waals surface area contributed by atoms with E-state index in [0.717, 1.165) is 25.7 Å². The summed E-state index contributed by atoms with van der Waals surface area (Å²) in [6, 6.07) is 0. The fourth-order valence-corrected chi connectivity index (χ4v) is 7.68. The second-order valence-corrected chi connectivity index (χ2v) is 9.52. The van der Waals surface area contributed by atoms with Crippen molar-refractivity contribution in [2.75, 3.05) is 13.2 Å². The number of hydrogen-bond donors (Lipinski definition) is 0. The van der Waals surface area contributed by atoms with E-state index >= 15 is 0 Å². The van der Waals surface area contributed by atoms with Gasteiger partial charge in [0.25, 0.3) is 0 Å². The van der Waals surface area contributed by atoms with Crippen LogP contribution >= 0.6 is 0 Å². The van der Waals surface area contributed by atoms with E-state index in [2.05, 4.69) is 13.5 Å². The highest BCUT2D eigenvalue weighted by atomic mass is 16.7. The summed E-state index contributed by atoms with van der Waals surface area (Å²) in [7, 11) is 0. The first kappa shape index (κ1) is 14.9. The van der Waals surface area contributed by atoms with E-state index in [9.17, 15) is 9.59 Å². The van der Waals surface area contributed by atoms with Gasteiger partial charge in [-0.25, -0.2) is 0 Å². The van der Waals surface area contributed by atoms with Crippen LogP contribution in [0, 0.1) is 34.0 Å². The Labute approximate surface area is 147 Å². The first-order chi connectivity index (χ1) is 11.9. The number of Topliss-reactive ketones (excluding diaryl/α,β-unsaturated/α-hetero) is 1. The lowest BCUT2D eigenvalue weighted by Gasteiger charge is -2.58. The van der Waals surface area contributed by atoms with Gasteiger partial charge in [-0.05, 0) is 54.9 Å². The minimum atomic E-state index is -1.00. The molecule has 3 saturated heterocycles. The summed E-state index contributed by atoms with van der Waals surface area (Å²) >= 11 is 0. The summed E-state index contributed by atoms with van der Waals surface area (Å²) in [6.07, 6.45) is 4.31. The average molecular weight is 344 g/mol. The number of fused-ring (bicyclic) bond motifs is 1. The number of cyclic esters (lactones) is 1. The average Bonchev–Trinajstić information content (AvgIpc) is 3.12. The molecular weight excluding hydrogens is 320 g/mol. The van der Waals surface area contributed by atoms with Crippen LogP contribution in [0.4, 0.5) is 0 Å². The lowest BCUT2D eigenvalue weighted by molar-refractivity contribution is -0.215. The number of carbonyl (C=O) groups excluding carboxylic acids is 2. The van der Waals surface area contributed by atoms with Crippen molar-refractivity contribution in [1.29, 1.82) is 0 Å². The number of carbonyl (C=O) groups is 2. The van der Waals surface area contributed by atoms with Gasteiger partial charge in [-0.2, -0.15) is 0 Å². The summed E-state index contributed by atoms with van der Waals surface area (Å²) in [5.74, 6) is 0.0158. The summed E-state index contributed by atoms with van der Waals surface area (Å²) in [5, 5.41) is 0. The molecule has 0 radical (unpaired) electrons. The van der Waals surface area contributed by atoms with Crippen LogP contribution in [0.2, 0.25) is 0 Å². The highest BCUT2D eigenvalue weighted by Gasteiger charge is 2.78. The van der Waals surface area contributed by atoms with Crippen molar-refractivity contribution in [2.24, 2.45) is 34.0 Å². The molecule has 6 fully saturated rings. The fraction of sp³-hybridized carbons (Fsp3) is 0.800. The quantitative estimate of drug-likeness (QED) is 0.383. The van der Waals surface area contributed by atoms with E-state index in [1.807, 2.05) is 0 Å². The van der Waals surface area contributed by atoms with Crippen LogP contribution < -0.4 is 0 Å². The molecule has 25 heavy (non-hydrogen) atoms. The second kappa shape index (κ2) is 4.20. The second-order valence-electron chi connectivity index (χ2n) is 9.52. The van der Waals surface area contributed by atoms with E-state index in [1.165, 1.54) is 0 Å². The third-order valence-electron chi connectivity index (χ3n) is 8.68. The molecule has 6 rings (SSSR count). The van der Waals surface area contributed by atoms with Gasteiger partial charge < -0.3 is 14.2 Å². The Morgan fingerprint density at radius 3 is 2.84 bits per heavy atom. The predicted molar refractivity (Wildman–Crippen MR) is 86.2 cm³/mol. The highest BCUT2D eigenvalue weighted by molar-refractivity contribution is 6.15. The largest absolute Gasteiger partial charge is 0.464 e. The molecule has 0 aromatic carbocycles. The molecule has 0 amide bonds. The maximum absolute atomic E-state index is 13.2. The first-order valence-electron chi connectivity index (χ1n) is 9.61. The zero-order chi connectivity index (χ0) is 17.2. The van der Waals surface area contributed by atoms with E-state index in [1.54, 1.807) is 0 Å². The van der Waals surface area contributed by atoms with Crippen molar-refractivity contribution < 1.29 is 23.8 Å². The standard InChI is InChI=1S/C20H24O5/c1-10-11-3-4-12-19(7-11,15(10)21)17(22)24-9-20(12)13-5-6-18(2)8-23-16(25-13)14(18)20/h11-14,16H,1,3-9H2,2H3/t11-,12-,13+,14-,16?,18+,19+,20-/m1/s1. The Balaban J connectivity index is 1.56. The van der Waals surface area contributed by atoms with Gasteiger partial charge in [0, 0.05) is 11.3 Å². The Hall–Kier alpha value is -1.20. The predicted octanol–water partition coefficient (Wildman–Crippen LogP) is 2.24. The number of hydrogen-bond acceptors (Lipinski definition) is 5. The van der Waals surface area contributed by atoms with Crippen molar-refractivity contribution in [1.82, 2.24) is 0 Å². The molecule has 3 aliphatic carbocycles. The third-order valence-corrected chi connectivity index (χ3v) is 8.68. The topological polar surface area (TPSA) is 61.8 Å². The maximum Gasteiger partial charge on any atom is 0.320 e.